The largest absolute Gasteiger partial charge is 0.417 e. The summed E-state index contributed by atoms with van der Waals surface area (Å²) in [5.74, 6) is -0.697. The first-order valence-corrected chi connectivity index (χ1v) is 11.3. The zero-order valence-corrected chi connectivity index (χ0v) is 19.0. The Kier molecular flexibility index (Phi) is 5.95. The van der Waals surface area contributed by atoms with Crippen LogP contribution in [0.15, 0.2) is 66.9 Å². The Labute approximate surface area is 204 Å². The maximum atomic E-state index is 13.1. The summed E-state index contributed by atoms with van der Waals surface area (Å²) in [5, 5.41) is 0. The molecule has 2 aliphatic heterocycles. The van der Waals surface area contributed by atoms with E-state index in [2.05, 4.69) is 4.98 Å². The fraction of sp³-hybridized carbons (Fsp3) is 0.231. The highest BCUT2D eigenvalue weighted by atomic mass is 19.4. The van der Waals surface area contributed by atoms with Crippen LogP contribution < -0.4 is 4.90 Å². The Morgan fingerprint density at radius 3 is 2.19 bits per heavy atom. The molecule has 5 rings (SSSR count). The van der Waals surface area contributed by atoms with Crippen LogP contribution in [0.4, 0.5) is 19.0 Å². The molecule has 0 N–H and O–H groups in total. The summed E-state index contributed by atoms with van der Waals surface area (Å²) >= 11 is 0. The third-order valence-electron chi connectivity index (χ3n) is 6.37. The molecule has 0 spiro atoms. The Morgan fingerprint density at radius 2 is 1.56 bits per heavy atom. The number of nitrogens with zero attached hydrogens (tertiary/aromatic N) is 4. The number of imide groups is 1. The molecule has 0 aliphatic carbocycles. The van der Waals surface area contributed by atoms with Crippen LogP contribution in [0.3, 0.4) is 0 Å². The summed E-state index contributed by atoms with van der Waals surface area (Å²) in [6, 6.07) is 16.0. The van der Waals surface area contributed by atoms with Gasteiger partial charge in [-0.25, -0.2) is 4.98 Å². The number of rotatable bonds is 4. The monoisotopic (exact) mass is 494 g/mol. The van der Waals surface area contributed by atoms with E-state index in [0.29, 0.717) is 37.6 Å². The maximum absolute atomic E-state index is 13.1. The van der Waals surface area contributed by atoms with Gasteiger partial charge in [0.2, 0.25) is 0 Å². The van der Waals surface area contributed by atoms with Crippen molar-refractivity contribution in [1.82, 2.24) is 14.8 Å². The van der Waals surface area contributed by atoms with E-state index >= 15 is 0 Å². The number of alkyl halides is 3. The minimum absolute atomic E-state index is 0.149. The fourth-order valence-corrected chi connectivity index (χ4v) is 4.40. The highest BCUT2D eigenvalue weighted by Gasteiger charge is 2.36. The molecule has 3 heterocycles. The highest BCUT2D eigenvalue weighted by molar-refractivity contribution is 6.22. The normalized spacial score (nSPS) is 15.9. The van der Waals surface area contributed by atoms with Crippen molar-refractivity contribution >= 4 is 23.5 Å². The highest BCUT2D eigenvalue weighted by Crippen LogP contribution is 2.30. The van der Waals surface area contributed by atoms with E-state index < -0.39 is 23.6 Å². The molecule has 3 amide bonds. The van der Waals surface area contributed by atoms with E-state index in [-0.39, 0.29) is 23.6 Å². The minimum atomic E-state index is -4.45. The second kappa shape index (κ2) is 9.10. The summed E-state index contributed by atoms with van der Waals surface area (Å²) in [6.45, 7) is 1.63. The standard InChI is InChI=1S/C26H21F3N4O3/c27-26(28,29)19-7-9-22(30-15-19)31-10-12-32(13-11-31)23(34)18-6-8-20-21(14-18)25(36)33(24(20)35)16-17-4-2-1-3-5-17/h1-9,14-15H,10-13,16H2. The number of hydrogen-bond acceptors (Lipinski definition) is 5. The minimum Gasteiger partial charge on any atom is -0.353 e. The zero-order chi connectivity index (χ0) is 25.4. The molecule has 2 aliphatic rings. The molecule has 2 aromatic carbocycles. The van der Waals surface area contributed by atoms with E-state index in [1.165, 1.54) is 23.1 Å². The maximum Gasteiger partial charge on any atom is 0.417 e. The van der Waals surface area contributed by atoms with Crippen molar-refractivity contribution in [3.8, 4) is 0 Å². The molecule has 1 fully saturated rings. The van der Waals surface area contributed by atoms with E-state index in [9.17, 15) is 27.6 Å². The van der Waals surface area contributed by atoms with Gasteiger partial charge in [0.05, 0.1) is 23.2 Å². The molecule has 1 saturated heterocycles. The van der Waals surface area contributed by atoms with Crippen molar-refractivity contribution in [3.05, 3.63) is 94.7 Å². The second-order valence-corrected chi connectivity index (χ2v) is 8.62. The van der Waals surface area contributed by atoms with E-state index in [1.807, 2.05) is 35.2 Å². The van der Waals surface area contributed by atoms with Crippen LogP contribution in [0.25, 0.3) is 0 Å². The van der Waals surface area contributed by atoms with Gasteiger partial charge in [-0.05, 0) is 35.9 Å². The third-order valence-corrected chi connectivity index (χ3v) is 6.37. The third kappa shape index (κ3) is 4.41. The SMILES string of the molecule is O=C(c1ccc2c(c1)C(=O)N(Cc1ccccc1)C2=O)N1CCN(c2ccc(C(F)(F)F)cn2)CC1. The smallest absolute Gasteiger partial charge is 0.353 e. The molecule has 1 aromatic heterocycles. The van der Waals surface area contributed by atoms with Crippen LogP contribution in [0.5, 0.6) is 0 Å². The molecular formula is C26H21F3N4O3. The molecule has 0 atom stereocenters. The zero-order valence-electron chi connectivity index (χ0n) is 19.0. The van der Waals surface area contributed by atoms with Crippen molar-refractivity contribution in [2.24, 2.45) is 0 Å². The molecule has 10 heteroatoms. The molecule has 3 aromatic rings. The lowest BCUT2D eigenvalue weighted by atomic mass is 10.0. The number of pyridine rings is 1. The van der Waals surface area contributed by atoms with Crippen molar-refractivity contribution < 1.29 is 27.6 Å². The first-order chi connectivity index (χ1) is 17.2. The van der Waals surface area contributed by atoms with E-state index in [4.69, 9.17) is 0 Å². The number of carbonyl (C=O) groups is 3. The van der Waals surface area contributed by atoms with Crippen LogP contribution in [0, 0.1) is 0 Å². The summed E-state index contributed by atoms with van der Waals surface area (Å²) in [5.41, 5.74) is 0.786. The van der Waals surface area contributed by atoms with Gasteiger partial charge in [0, 0.05) is 37.9 Å². The van der Waals surface area contributed by atoms with Crippen molar-refractivity contribution in [2.75, 3.05) is 31.1 Å². The second-order valence-electron chi connectivity index (χ2n) is 8.62. The predicted molar refractivity (Wildman–Crippen MR) is 124 cm³/mol. The molecule has 36 heavy (non-hydrogen) atoms. The molecule has 7 nitrogen and oxygen atoms in total. The first kappa shape index (κ1) is 23.5. The van der Waals surface area contributed by atoms with Gasteiger partial charge in [-0.2, -0.15) is 13.2 Å². The van der Waals surface area contributed by atoms with E-state index in [1.54, 1.807) is 11.0 Å². The van der Waals surface area contributed by atoms with Crippen LogP contribution in [0.1, 0.15) is 42.2 Å². The lowest BCUT2D eigenvalue weighted by Gasteiger charge is -2.35. The summed E-state index contributed by atoms with van der Waals surface area (Å²) in [7, 11) is 0. The van der Waals surface area contributed by atoms with Gasteiger partial charge in [-0.3, -0.25) is 19.3 Å². The average Bonchev–Trinajstić information content (AvgIpc) is 3.13. The molecule has 184 valence electrons. The summed E-state index contributed by atoms with van der Waals surface area (Å²) in [6.07, 6.45) is -3.64. The molecule has 0 radical (unpaired) electrons. The van der Waals surface area contributed by atoms with Gasteiger partial charge in [0.25, 0.3) is 17.7 Å². The van der Waals surface area contributed by atoms with Gasteiger partial charge in [0.15, 0.2) is 0 Å². The van der Waals surface area contributed by atoms with Crippen LogP contribution in [-0.2, 0) is 12.7 Å². The van der Waals surface area contributed by atoms with Crippen molar-refractivity contribution in [2.45, 2.75) is 12.7 Å². The first-order valence-electron chi connectivity index (χ1n) is 11.3. The average molecular weight is 494 g/mol. The van der Waals surface area contributed by atoms with Gasteiger partial charge >= 0.3 is 6.18 Å². The topological polar surface area (TPSA) is 73.8 Å². The lowest BCUT2D eigenvalue weighted by Crippen LogP contribution is -2.49. The van der Waals surface area contributed by atoms with E-state index in [0.717, 1.165) is 17.8 Å². The van der Waals surface area contributed by atoms with Gasteiger partial charge in [-0.1, -0.05) is 30.3 Å². The number of carbonyl (C=O) groups excluding carboxylic acids is 3. The van der Waals surface area contributed by atoms with Crippen molar-refractivity contribution in [3.63, 3.8) is 0 Å². The Bertz CT molecular complexity index is 1320. The Morgan fingerprint density at radius 1 is 0.861 bits per heavy atom. The number of amides is 3. The van der Waals surface area contributed by atoms with Crippen LogP contribution in [0.2, 0.25) is 0 Å². The lowest BCUT2D eigenvalue weighted by molar-refractivity contribution is -0.137. The van der Waals surface area contributed by atoms with Crippen LogP contribution >= 0.6 is 0 Å². The summed E-state index contributed by atoms with van der Waals surface area (Å²) in [4.78, 5) is 47.4. The van der Waals surface area contributed by atoms with Crippen LogP contribution in [-0.4, -0.2) is 58.7 Å². The number of benzene rings is 2. The molecular weight excluding hydrogens is 473 g/mol. The summed E-state index contributed by atoms with van der Waals surface area (Å²) < 4.78 is 38.3. The Balaban J connectivity index is 1.25. The number of anilines is 1. The predicted octanol–water partition coefficient (Wildman–Crippen LogP) is 3.86. The van der Waals surface area contributed by atoms with Crippen molar-refractivity contribution in [1.29, 1.82) is 0 Å². The quantitative estimate of drug-likeness (QED) is 0.515. The van der Waals surface area contributed by atoms with Gasteiger partial charge in [-0.15, -0.1) is 0 Å². The van der Waals surface area contributed by atoms with Gasteiger partial charge < -0.3 is 9.80 Å². The number of aromatic nitrogens is 1. The molecule has 0 bridgehead atoms. The number of hydrogen-bond donors (Lipinski definition) is 0. The fourth-order valence-electron chi connectivity index (χ4n) is 4.40. The van der Waals surface area contributed by atoms with Gasteiger partial charge in [0.1, 0.15) is 5.82 Å². The molecule has 0 unspecified atom stereocenters. The number of halogens is 3. The molecule has 0 saturated carbocycles. The number of piperazine rings is 1. The Hall–Kier alpha value is -4.21. The number of fused-ring (bicyclic) bond motifs is 1.